The zero-order valence-electron chi connectivity index (χ0n) is 17.6. The molecule has 0 saturated carbocycles. The van der Waals surface area contributed by atoms with Gasteiger partial charge >= 0.3 is 0 Å². The van der Waals surface area contributed by atoms with Crippen LogP contribution in [0.5, 0.6) is 0 Å². The molecule has 0 spiro atoms. The van der Waals surface area contributed by atoms with Gasteiger partial charge in [0.25, 0.3) is 0 Å². The Morgan fingerprint density at radius 3 is 2.47 bits per heavy atom. The number of nitrogens with zero attached hydrogens (tertiary/aromatic N) is 4. The average Bonchev–Trinajstić information content (AvgIpc) is 2.79. The van der Waals surface area contributed by atoms with E-state index in [2.05, 4.69) is 26.7 Å². The van der Waals surface area contributed by atoms with Crippen molar-refractivity contribution < 1.29 is 4.79 Å². The fraction of sp³-hybridized carbons (Fsp3) is 0.429. The third-order valence-corrected chi connectivity index (χ3v) is 5.42. The van der Waals surface area contributed by atoms with E-state index in [1.807, 2.05) is 30.9 Å². The number of piperidine rings is 1. The molecule has 0 unspecified atom stereocenters. The number of amides is 1. The quantitative estimate of drug-likeness (QED) is 0.667. The van der Waals surface area contributed by atoms with E-state index in [0.717, 1.165) is 5.56 Å². The van der Waals surface area contributed by atoms with Gasteiger partial charge in [-0.2, -0.15) is 5.26 Å². The summed E-state index contributed by atoms with van der Waals surface area (Å²) in [5, 5.41) is 16.2. The Hall–Kier alpha value is -2.89. The van der Waals surface area contributed by atoms with E-state index in [4.69, 9.17) is 17.3 Å². The summed E-state index contributed by atoms with van der Waals surface area (Å²) in [6.45, 7) is 5.57. The van der Waals surface area contributed by atoms with Gasteiger partial charge in [0.1, 0.15) is 29.3 Å². The second-order valence-corrected chi connectivity index (χ2v) is 7.13. The van der Waals surface area contributed by atoms with Crippen LogP contribution in [-0.4, -0.2) is 41.6 Å². The number of likely N-dealkylation sites (N-methyl/N-ethyl adjacent to an activating group) is 1. The monoisotopic (exact) mass is 429 g/mol. The summed E-state index contributed by atoms with van der Waals surface area (Å²) >= 11 is 5.90. The second-order valence-electron chi connectivity index (χ2n) is 6.70. The van der Waals surface area contributed by atoms with Crippen LogP contribution < -0.4 is 21.3 Å². The molecular weight excluding hydrogens is 402 g/mol. The van der Waals surface area contributed by atoms with Gasteiger partial charge < -0.3 is 21.3 Å². The van der Waals surface area contributed by atoms with Gasteiger partial charge in [-0.25, -0.2) is 9.97 Å². The summed E-state index contributed by atoms with van der Waals surface area (Å²) in [4.78, 5) is 23.0. The molecule has 4 N–H and O–H groups in total. The second kappa shape index (κ2) is 10.8. The number of nitrogens with one attached hydrogen (secondary N) is 2. The lowest BCUT2D eigenvalue weighted by Crippen LogP contribution is -2.61. The van der Waals surface area contributed by atoms with Crippen LogP contribution in [0.2, 0.25) is 5.02 Å². The number of benzene rings is 1. The Kier molecular flexibility index (Phi) is 8.39. The summed E-state index contributed by atoms with van der Waals surface area (Å²) in [5.74, 6) is 0.632. The first-order valence-corrected chi connectivity index (χ1v) is 10.3. The molecule has 1 aromatic heterocycles. The van der Waals surface area contributed by atoms with Crippen LogP contribution in [0, 0.1) is 11.3 Å². The molecule has 9 heteroatoms. The van der Waals surface area contributed by atoms with Crippen LogP contribution in [0.3, 0.4) is 0 Å². The lowest BCUT2D eigenvalue weighted by atomic mass is 9.86. The highest BCUT2D eigenvalue weighted by Gasteiger charge is 2.40. The van der Waals surface area contributed by atoms with Crippen molar-refractivity contribution in [3.05, 3.63) is 46.7 Å². The van der Waals surface area contributed by atoms with Gasteiger partial charge in [0, 0.05) is 24.7 Å². The summed E-state index contributed by atoms with van der Waals surface area (Å²) in [7, 11) is 1.79. The molecule has 0 bridgehead atoms. The first kappa shape index (κ1) is 23.4. The number of nitrogen functional groups attached to an aromatic ring is 1. The van der Waals surface area contributed by atoms with Crippen molar-refractivity contribution in [1.29, 1.82) is 5.26 Å². The van der Waals surface area contributed by atoms with Crippen LogP contribution >= 0.6 is 11.6 Å². The SMILES string of the molecule is CC.CNC1(C(=O)NCc2ccc(Cl)cc2)CCN(c2ncnc(N)c2C#N)CC1. The summed E-state index contributed by atoms with van der Waals surface area (Å²) < 4.78 is 0. The van der Waals surface area contributed by atoms with Crippen molar-refractivity contribution in [2.24, 2.45) is 0 Å². The van der Waals surface area contributed by atoms with E-state index >= 15 is 0 Å². The number of aromatic nitrogens is 2. The number of rotatable bonds is 5. The molecule has 0 aliphatic carbocycles. The number of carbonyl (C=O) groups is 1. The maximum atomic E-state index is 12.9. The molecule has 1 aromatic carbocycles. The summed E-state index contributed by atoms with van der Waals surface area (Å²) in [6.07, 6.45) is 2.50. The number of hydrogen-bond donors (Lipinski definition) is 3. The highest BCUT2D eigenvalue weighted by Crippen LogP contribution is 2.28. The van der Waals surface area contributed by atoms with Crippen molar-refractivity contribution in [2.45, 2.75) is 38.8 Å². The maximum absolute atomic E-state index is 12.9. The average molecular weight is 430 g/mol. The highest BCUT2D eigenvalue weighted by molar-refractivity contribution is 6.30. The molecule has 30 heavy (non-hydrogen) atoms. The molecule has 160 valence electrons. The minimum Gasteiger partial charge on any atom is -0.382 e. The normalized spacial score (nSPS) is 14.8. The van der Waals surface area contributed by atoms with E-state index < -0.39 is 5.54 Å². The molecule has 1 fully saturated rings. The third kappa shape index (κ3) is 5.17. The van der Waals surface area contributed by atoms with Crippen molar-refractivity contribution in [3.8, 4) is 6.07 Å². The molecule has 8 nitrogen and oxygen atoms in total. The van der Waals surface area contributed by atoms with Crippen LogP contribution in [0.4, 0.5) is 11.6 Å². The smallest absolute Gasteiger partial charge is 0.240 e. The summed E-state index contributed by atoms with van der Waals surface area (Å²) in [5.41, 5.74) is 6.37. The number of nitrogens with two attached hydrogens (primary N) is 1. The van der Waals surface area contributed by atoms with E-state index in [0.29, 0.717) is 43.3 Å². The Labute approximate surface area is 182 Å². The Morgan fingerprint density at radius 1 is 1.27 bits per heavy atom. The third-order valence-electron chi connectivity index (χ3n) is 5.16. The lowest BCUT2D eigenvalue weighted by molar-refractivity contribution is -0.128. The van der Waals surface area contributed by atoms with E-state index in [-0.39, 0.29) is 17.3 Å². The highest BCUT2D eigenvalue weighted by atomic mass is 35.5. The fourth-order valence-corrected chi connectivity index (χ4v) is 3.51. The van der Waals surface area contributed by atoms with Crippen molar-refractivity contribution in [2.75, 3.05) is 30.8 Å². The Balaban J connectivity index is 0.00000155. The largest absolute Gasteiger partial charge is 0.382 e. The number of nitriles is 1. The number of hydrogen-bond acceptors (Lipinski definition) is 7. The molecule has 1 aliphatic heterocycles. The van der Waals surface area contributed by atoms with Crippen LogP contribution in [-0.2, 0) is 11.3 Å². The minimum atomic E-state index is -0.672. The van der Waals surface area contributed by atoms with Crippen LogP contribution in [0.15, 0.2) is 30.6 Å². The summed E-state index contributed by atoms with van der Waals surface area (Å²) in [6, 6.07) is 9.45. The standard InChI is InChI=1S/C19H22ClN7O.C2H6/c1-23-19(18(28)24-11-13-2-4-14(20)5-3-13)6-8-27(9-7-19)17-15(10-21)16(22)25-12-26-17;1-2/h2-5,12,23H,6-9,11H2,1H3,(H,24,28)(H2,22,25,26);1-2H3. The number of carbonyl (C=O) groups excluding carboxylic acids is 1. The van der Waals surface area contributed by atoms with Crippen molar-refractivity contribution in [1.82, 2.24) is 20.6 Å². The van der Waals surface area contributed by atoms with Gasteiger partial charge in [0.2, 0.25) is 5.91 Å². The Morgan fingerprint density at radius 2 is 1.90 bits per heavy atom. The van der Waals surface area contributed by atoms with E-state index in [1.54, 1.807) is 19.2 Å². The van der Waals surface area contributed by atoms with Crippen LogP contribution in [0.1, 0.15) is 37.8 Å². The predicted octanol–water partition coefficient (Wildman–Crippen LogP) is 2.48. The van der Waals surface area contributed by atoms with Gasteiger partial charge in [-0.1, -0.05) is 37.6 Å². The molecule has 0 radical (unpaired) electrons. The van der Waals surface area contributed by atoms with E-state index in [9.17, 15) is 10.1 Å². The maximum Gasteiger partial charge on any atom is 0.240 e. The zero-order valence-corrected chi connectivity index (χ0v) is 18.3. The topological polar surface area (TPSA) is 120 Å². The number of halogens is 1. The van der Waals surface area contributed by atoms with Gasteiger partial charge in [-0.05, 0) is 37.6 Å². The Bertz CT molecular complexity index is 887. The van der Waals surface area contributed by atoms with E-state index in [1.165, 1.54) is 6.33 Å². The van der Waals surface area contributed by atoms with Gasteiger partial charge in [-0.15, -0.1) is 0 Å². The zero-order chi connectivity index (χ0) is 22.1. The van der Waals surface area contributed by atoms with Gasteiger partial charge in [-0.3, -0.25) is 4.79 Å². The molecule has 1 saturated heterocycles. The molecule has 1 aliphatic rings. The van der Waals surface area contributed by atoms with Gasteiger partial charge in [0.15, 0.2) is 5.82 Å². The molecule has 1 amide bonds. The molecule has 3 rings (SSSR count). The van der Waals surface area contributed by atoms with Crippen LogP contribution in [0.25, 0.3) is 0 Å². The molecule has 0 atom stereocenters. The predicted molar refractivity (Wildman–Crippen MR) is 119 cm³/mol. The molecule has 2 heterocycles. The van der Waals surface area contributed by atoms with Gasteiger partial charge in [0.05, 0.1) is 0 Å². The van der Waals surface area contributed by atoms with Crippen molar-refractivity contribution >= 4 is 29.1 Å². The van der Waals surface area contributed by atoms with Crippen molar-refractivity contribution in [3.63, 3.8) is 0 Å². The molecule has 2 aromatic rings. The first-order valence-electron chi connectivity index (χ1n) is 9.96. The number of anilines is 2. The first-order chi connectivity index (χ1) is 14.5. The lowest BCUT2D eigenvalue weighted by Gasteiger charge is -2.41. The fourth-order valence-electron chi connectivity index (χ4n) is 3.38. The molecular formula is C21H28ClN7O. The minimum absolute atomic E-state index is 0.0488.